The number of rotatable bonds is 7. The lowest BCUT2D eigenvalue weighted by Crippen LogP contribution is -2.46. The summed E-state index contributed by atoms with van der Waals surface area (Å²) in [7, 11) is 3.17. The molecule has 8 heteroatoms. The quantitative estimate of drug-likeness (QED) is 0.688. The number of urea groups is 1. The van der Waals surface area contributed by atoms with Gasteiger partial charge in [0.1, 0.15) is 12.1 Å². The molecule has 2 aliphatic heterocycles. The summed E-state index contributed by atoms with van der Waals surface area (Å²) in [4.78, 5) is 40.9. The molecule has 3 rings (SSSR count). The van der Waals surface area contributed by atoms with Crippen molar-refractivity contribution in [1.82, 2.24) is 15.1 Å². The highest BCUT2D eigenvalue weighted by molar-refractivity contribution is 6.08. The number of imide groups is 1. The number of carbonyl (C=O) groups excluding carboxylic acids is 3. The molecule has 4 amide bonds. The normalized spacial score (nSPS) is 21.0. The lowest BCUT2D eigenvalue weighted by atomic mass is 9.92. The van der Waals surface area contributed by atoms with Gasteiger partial charge in [0.2, 0.25) is 5.91 Å². The van der Waals surface area contributed by atoms with Crippen molar-refractivity contribution < 1.29 is 23.9 Å². The first-order valence-corrected chi connectivity index (χ1v) is 10.3. The van der Waals surface area contributed by atoms with Crippen molar-refractivity contribution in [2.24, 2.45) is 5.92 Å². The third-order valence-electron chi connectivity index (χ3n) is 5.93. The molecule has 2 heterocycles. The molecule has 2 aliphatic rings. The third kappa shape index (κ3) is 4.22. The van der Waals surface area contributed by atoms with Crippen LogP contribution in [0, 0.1) is 5.92 Å². The molecule has 0 saturated carbocycles. The fraction of sp³-hybridized carbons (Fsp3) is 0.591. The van der Waals surface area contributed by atoms with Crippen LogP contribution in [0.25, 0.3) is 0 Å². The minimum atomic E-state index is -0.944. The van der Waals surface area contributed by atoms with Crippen LogP contribution >= 0.6 is 0 Å². The van der Waals surface area contributed by atoms with Gasteiger partial charge >= 0.3 is 6.03 Å². The summed E-state index contributed by atoms with van der Waals surface area (Å²) >= 11 is 0. The smallest absolute Gasteiger partial charge is 0.325 e. The molecule has 30 heavy (non-hydrogen) atoms. The average molecular weight is 418 g/mol. The molecule has 1 aromatic carbocycles. The molecule has 8 nitrogen and oxygen atoms in total. The maximum Gasteiger partial charge on any atom is 0.325 e. The fourth-order valence-electron chi connectivity index (χ4n) is 3.97. The summed E-state index contributed by atoms with van der Waals surface area (Å²) in [6, 6.07) is 3.32. The standard InChI is InChI=1S/C22H31N3O5/c1-14(2)6-8-22(3)20(27)25(21(28)23-22)13-19(26)24-9-7-15-10-17(29-4)18(30-5)11-16(15)12-24/h10-11,14H,6-9,12-13H2,1-5H3,(H,23,28). The van der Waals surface area contributed by atoms with Gasteiger partial charge in [-0.25, -0.2) is 4.79 Å². The van der Waals surface area contributed by atoms with Crippen LogP contribution in [0.2, 0.25) is 0 Å². The highest BCUT2D eigenvalue weighted by Gasteiger charge is 2.48. The van der Waals surface area contributed by atoms with E-state index in [1.165, 1.54) is 0 Å². The first-order chi connectivity index (χ1) is 14.2. The van der Waals surface area contributed by atoms with Gasteiger partial charge in [0.25, 0.3) is 5.91 Å². The predicted octanol–water partition coefficient (Wildman–Crippen LogP) is 2.34. The topological polar surface area (TPSA) is 88.2 Å². The van der Waals surface area contributed by atoms with Crippen molar-refractivity contribution >= 4 is 17.8 Å². The molecule has 1 aromatic rings. The Morgan fingerprint density at radius 3 is 2.40 bits per heavy atom. The maximum absolute atomic E-state index is 12.9. The van der Waals surface area contributed by atoms with Crippen molar-refractivity contribution in [3.8, 4) is 11.5 Å². The van der Waals surface area contributed by atoms with Gasteiger partial charge < -0.3 is 19.7 Å². The van der Waals surface area contributed by atoms with Gasteiger partial charge in [0.05, 0.1) is 14.2 Å². The van der Waals surface area contributed by atoms with Crippen molar-refractivity contribution in [3.63, 3.8) is 0 Å². The fourth-order valence-corrected chi connectivity index (χ4v) is 3.97. The Morgan fingerprint density at radius 1 is 1.17 bits per heavy atom. The van der Waals surface area contributed by atoms with Gasteiger partial charge in [0.15, 0.2) is 11.5 Å². The van der Waals surface area contributed by atoms with Crippen LogP contribution < -0.4 is 14.8 Å². The number of amides is 4. The van der Waals surface area contributed by atoms with E-state index in [1.54, 1.807) is 26.0 Å². The molecule has 164 valence electrons. The highest BCUT2D eigenvalue weighted by atomic mass is 16.5. The van der Waals surface area contributed by atoms with Crippen LogP contribution in [0.4, 0.5) is 4.79 Å². The van der Waals surface area contributed by atoms with E-state index in [2.05, 4.69) is 19.2 Å². The molecular weight excluding hydrogens is 386 g/mol. The van der Waals surface area contributed by atoms with Gasteiger partial charge in [0, 0.05) is 13.1 Å². The van der Waals surface area contributed by atoms with Crippen LogP contribution in [0.15, 0.2) is 12.1 Å². The van der Waals surface area contributed by atoms with E-state index in [0.717, 1.165) is 22.4 Å². The molecule has 0 bridgehead atoms. The molecule has 1 N–H and O–H groups in total. The summed E-state index contributed by atoms with van der Waals surface area (Å²) in [5, 5.41) is 2.77. The van der Waals surface area contributed by atoms with Crippen LogP contribution in [-0.4, -0.2) is 60.5 Å². The van der Waals surface area contributed by atoms with Crippen molar-refractivity contribution in [2.75, 3.05) is 27.3 Å². The number of methoxy groups -OCH3 is 2. The largest absolute Gasteiger partial charge is 0.493 e. The van der Waals surface area contributed by atoms with Gasteiger partial charge in [-0.2, -0.15) is 0 Å². The molecule has 1 atom stereocenters. The second-order valence-electron chi connectivity index (χ2n) is 8.63. The number of ether oxygens (including phenoxy) is 2. The summed E-state index contributed by atoms with van der Waals surface area (Å²) in [6.45, 7) is 6.56. The monoisotopic (exact) mass is 417 g/mol. The summed E-state index contributed by atoms with van der Waals surface area (Å²) in [5.74, 6) is 1.13. The van der Waals surface area contributed by atoms with Gasteiger partial charge in [-0.1, -0.05) is 13.8 Å². The zero-order valence-corrected chi connectivity index (χ0v) is 18.4. The molecule has 0 spiro atoms. The number of fused-ring (bicyclic) bond motifs is 1. The number of carbonyl (C=O) groups is 3. The van der Waals surface area contributed by atoms with Crippen LogP contribution in [0.1, 0.15) is 44.7 Å². The van der Waals surface area contributed by atoms with E-state index in [1.807, 2.05) is 12.1 Å². The third-order valence-corrected chi connectivity index (χ3v) is 5.93. The number of nitrogens with one attached hydrogen (secondary N) is 1. The van der Waals surface area contributed by atoms with Gasteiger partial charge in [-0.3, -0.25) is 14.5 Å². The Morgan fingerprint density at radius 2 is 1.80 bits per heavy atom. The Labute approximate surface area is 177 Å². The summed E-state index contributed by atoms with van der Waals surface area (Å²) in [6.07, 6.45) is 2.05. The lowest BCUT2D eigenvalue weighted by molar-refractivity contribution is -0.139. The average Bonchev–Trinajstić information content (AvgIpc) is 2.94. The zero-order chi connectivity index (χ0) is 22.1. The van der Waals surface area contributed by atoms with E-state index in [9.17, 15) is 14.4 Å². The number of nitrogens with zero attached hydrogens (tertiary/aromatic N) is 2. The van der Waals surface area contributed by atoms with Crippen molar-refractivity contribution in [1.29, 1.82) is 0 Å². The molecule has 0 radical (unpaired) electrons. The zero-order valence-electron chi connectivity index (χ0n) is 18.4. The molecule has 1 saturated heterocycles. The van der Waals surface area contributed by atoms with Crippen LogP contribution in [0.3, 0.4) is 0 Å². The predicted molar refractivity (Wildman–Crippen MR) is 111 cm³/mol. The first-order valence-electron chi connectivity index (χ1n) is 10.3. The number of benzene rings is 1. The van der Waals surface area contributed by atoms with Gasteiger partial charge in [-0.15, -0.1) is 0 Å². The number of hydrogen-bond acceptors (Lipinski definition) is 5. The Balaban J connectivity index is 1.68. The van der Waals surface area contributed by atoms with E-state index in [4.69, 9.17) is 9.47 Å². The lowest BCUT2D eigenvalue weighted by Gasteiger charge is -2.30. The van der Waals surface area contributed by atoms with E-state index in [-0.39, 0.29) is 18.4 Å². The maximum atomic E-state index is 12.9. The Bertz CT molecular complexity index is 853. The minimum Gasteiger partial charge on any atom is -0.493 e. The second-order valence-corrected chi connectivity index (χ2v) is 8.63. The second kappa shape index (κ2) is 8.53. The van der Waals surface area contributed by atoms with Crippen molar-refractivity contribution in [2.45, 2.75) is 52.1 Å². The molecule has 0 aliphatic carbocycles. The number of hydrogen-bond donors (Lipinski definition) is 1. The molecule has 1 unspecified atom stereocenters. The Hall–Kier alpha value is -2.77. The van der Waals surface area contributed by atoms with Crippen molar-refractivity contribution in [3.05, 3.63) is 23.3 Å². The Kier molecular flexibility index (Phi) is 6.24. The first kappa shape index (κ1) is 21.9. The molecule has 0 aromatic heterocycles. The SMILES string of the molecule is COc1cc2c(cc1OC)CN(C(=O)CN1C(=O)NC(C)(CCC(C)C)C1=O)CC2. The van der Waals surface area contributed by atoms with E-state index < -0.39 is 11.6 Å². The van der Waals surface area contributed by atoms with Crippen LogP contribution in [-0.2, 0) is 22.6 Å². The molecule has 1 fully saturated rings. The molecular formula is C22H31N3O5. The highest BCUT2D eigenvalue weighted by Crippen LogP contribution is 2.33. The minimum absolute atomic E-state index is 0.243. The van der Waals surface area contributed by atoms with E-state index >= 15 is 0 Å². The van der Waals surface area contributed by atoms with Crippen LogP contribution in [0.5, 0.6) is 11.5 Å². The van der Waals surface area contributed by atoms with E-state index in [0.29, 0.717) is 43.3 Å². The van der Waals surface area contributed by atoms with Gasteiger partial charge in [-0.05, 0) is 55.4 Å². The summed E-state index contributed by atoms with van der Waals surface area (Å²) < 4.78 is 10.7. The summed E-state index contributed by atoms with van der Waals surface area (Å²) in [5.41, 5.74) is 1.14.